The van der Waals surface area contributed by atoms with Crippen LogP contribution in [0, 0.1) is 0 Å². The van der Waals surface area contributed by atoms with Crippen molar-refractivity contribution < 1.29 is 14.4 Å². The molecule has 28 heavy (non-hydrogen) atoms. The maximum Gasteiger partial charge on any atom is 0.276 e. The van der Waals surface area contributed by atoms with E-state index in [2.05, 4.69) is 0 Å². The number of fused-ring (bicyclic) bond motifs is 1. The van der Waals surface area contributed by atoms with E-state index in [4.69, 9.17) is 0 Å². The van der Waals surface area contributed by atoms with Crippen molar-refractivity contribution in [1.82, 2.24) is 10.0 Å². The van der Waals surface area contributed by atoms with E-state index >= 15 is 0 Å². The van der Waals surface area contributed by atoms with E-state index in [0.29, 0.717) is 16.7 Å². The first-order valence-electron chi connectivity index (χ1n) is 9.09. The van der Waals surface area contributed by atoms with Gasteiger partial charge >= 0.3 is 0 Å². The van der Waals surface area contributed by atoms with Gasteiger partial charge in [0.15, 0.2) is 5.78 Å². The van der Waals surface area contributed by atoms with Crippen LogP contribution in [0.2, 0.25) is 0 Å². The first-order valence-corrected chi connectivity index (χ1v) is 9.09. The largest absolute Gasteiger partial charge is 0.292 e. The van der Waals surface area contributed by atoms with E-state index < -0.39 is 6.04 Å². The minimum Gasteiger partial charge on any atom is -0.292 e. The molecule has 0 aliphatic carbocycles. The molecule has 0 radical (unpaired) electrons. The Labute approximate surface area is 161 Å². The van der Waals surface area contributed by atoms with Gasteiger partial charge in [0.05, 0.1) is 17.2 Å². The zero-order valence-corrected chi connectivity index (χ0v) is 14.9. The highest BCUT2D eigenvalue weighted by Gasteiger charge is 2.60. The molecule has 1 fully saturated rings. The van der Waals surface area contributed by atoms with E-state index in [-0.39, 0.29) is 23.6 Å². The minimum atomic E-state index is -0.591. The molecule has 5 rings (SSSR count). The van der Waals surface area contributed by atoms with Gasteiger partial charge in [0.25, 0.3) is 11.8 Å². The number of rotatable bonds is 4. The standard InChI is InChI=1S/C23H16N2O3/c26-21(16-11-5-2-6-12-16)20-19(15-9-3-1-4-10-15)24(20)25-22(27)17-13-7-8-14-18(17)23(25)28/h1-14,19-20H. The Bertz CT molecular complexity index is 1060. The van der Waals surface area contributed by atoms with Crippen LogP contribution in [0.15, 0.2) is 84.9 Å². The molecule has 136 valence electrons. The Morgan fingerprint density at radius 1 is 0.679 bits per heavy atom. The lowest BCUT2D eigenvalue weighted by atomic mass is 10.0. The smallest absolute Gasteiger partial charge is 0.276 e. The normalized spacial score (nSPS) is 22.9. The lowest BCUT2D eigenvalue weighted by Gasteiger charge is -2.16. The van der Waals surface area contributed by atoms with Gasteiger partial charge in [-0.25, -0.2) is 5.01 Å². The molecule has 3 aromatic rings. The number of nitrogens with zero attached hydrogens (tertiary/aromatic N) is 2. The van der Waals surface area contributed by atoms with Crippen LogP contribution in [-0.4, -0.2) is 33.7 Å². The molecule has 2 aliphatic heterocycles. The number of carbonyl (C=O) groups excluding carboxylic acids is 3. The van der Waals surface area contributed by atoms with Crippen molar-refractivity contribution in [2.75, 3.05) is 0 Å². The fraction of sp³-hybridized carbons (Fsp3) is 0.0870. The summed E-state index contributed by atoms with van der Waals surface area (Å²) < 4.78 is 0. The maximum absolute atomic E-state index is 13.2. The van der Waals surface area contributed by atoms with Gasteiger partial charge in [-0.2, -0.15) is 5.01 Å². The van der Waals surface area contributed by atoms with Crippen LogP contribution < -0.4 is 0 Å². The third-order valence-corrected chi connectivity index (χ3v) is 5.25. The third-order valence-electron chi connectivity index (χ3n) is 5.25. The Hall–Kier alpha value is -3.57. The van der Waals surface area contributed by atoms with Crippen molar-refractivity contribution in [3.05, 3.63) is 107 Å². The zero-order chi connectivity index (χ0) is 19.3. The fourth-order valence-electron chi connectivity index (χ4n) is 3.88. The second-order valence-corrected chi connectivity index (χ2v) is 6.88. The number of amides is 2. The molecule has 1 saturated heterocycles. The summed E-state index contributed by atoms with van der Waals surface area (Å²) in [5.41, 5.74) is 2.20. The number of carbonyl (C=O) groups is 3. The summed E-state index contributed by atoms with van der Waals surface area (Å²) in [7, 11) is 0. The van der Waals surface area contributed by atoms with Crippen LogP contribution in [0.5, 0.6) is 0 Å². The van der Waals surface area contributed by atoms with Crippen molar-refractivity contribution in [2.24, 2.45) is 0 Å². The molecule has 5 nitrogen and oxygen atoms in total. The summed E-state index contributed by atoms with van der Waals surface area (Å²) in [4.78, 5) is 39.0. The topological polar surface area (TPSA) is 57.5 Å². The van der Waals surface area contributed by atoms with Gasteiger partial charge in [-0.3, -0.25) is 14.4 Å². The van der Waals surface area contributed by atoms with Crippen LogP contribution in [-0.2, 0) is 0 Å². The fourth-order valence-corrected chi connectivity index (χ4v) is 3.88. The van der Waals surface area contributed by atoms with Crippen molar-refractivity contribution in [1.29, 1.82) is 0 Å². The molecule has 2 amide bonds. The Balaban J connectivity index is 1.55. The number of hydrogen-bond donors (Lipinski definition) is 0. The molecule has 2 heterocycles. The summed E-state index contributed by atoms with van der Waals surface area (Å²) in [6, 6.07) is 24.3. The SMILES string of the molecule is O=C(c1ccccc1)C1C(c2ccccc2)N1N1C(=O)c2ccccc2C1=O. The summed E-state index contributed by atoms with van der Waals surface area (Å²) in [6.07, 6.45) is 0. The molecule has 0 spiro atoms. The average molecular weight is 368 g/mol. The van der Waals surface area contributed by atoms with Crippen LogP contribution in [0.4, 0.5) is 0 Å². The van der Waals surface area contributed by atoms with Gasteiger partial charge in [-0.1, -0.05) is 72.8 Å². The summed E-state index contributed by atoms with van der Waals surface area (Å²) in [5.74, 6) is -0.874. The van der Waals surface area contributed by atoms with Crippen molar-refractivity contribution >= 4 is 17.6 Å². The number of benzene rings is 3. The van der Waals surface area contributed by atoms with Crippen LogP contribution in [0.3, 0.4) is 0 Å². The molecule has 0 bridgehead atoms. The van der Waals surface area contributed by atoms with Gasteiger partial charge in [0.2, 0.25) is 0 Å². The van der Waals surface area contributed by atoms with E-state index in [1.165, 1.54) is 0 Å². The number of hydrazine groups is 1. The van der Waals surface area contributed by atoms with Crippen molar-refractivity contribution in [3.63, 3.8) is 0 Å². The van der Waals surface area contributed by atoms with Crippen molar-refractivity contribution in [3.8, 4) is 0 Å². The van der Waals surface area contributed by atoms with Crippen molar-refractivity contribution in [2.45, 2.75) is 12.1 Å². The first kappa shape index (κ1) is 16.6. The highest BCUT2D eigenvalue weighted by Crippen LogP contribution is 2.48. The van der Waals surface area contributed by atoms with Crippen LogP contribution in [0.1, 0.15) is 42.7 Å². The Morgan fingerprint density at radius 2 is 1.18 bits per heavy atom. The predicted octanol–water partition coefficient (Wildman–Crippen LogP) is 3.51. The molecule has 3 atom stereocenters. The monoisotopic (exact) mass is 368 g/mol. The van der Waals surface area contributed by atoms with E-state index in [1.54, 1.807) is 53.5 Å². The zero-order valence-electron chi connectivity index (χ0n) is 14.9. The first-order chi connectivity index (χ1) is 13.7. The lowest BCUT2D eigenvalue weighted by Crippen LogP contribution is -2.37. The molecule has 3 aromatic carbocycles. The van der Waals surface area contributed by atoms with Gasteiger partial charge in [-0.15, -0.1) is 0 Å². The highest BCUT2D eigenvalue weighted by atomic mass is 16.2. The number of imide groups is 1. The third kappa shape index (κ3) is 2.41. The van der Waals surface area contributed by atoms with Gasteiger partial charge in [0.1, 0.15) is 6.04 Å². The summed E-state index contributed by atoms with van der Waals surface area (Å²) in [6.45, 7) is 0. The molecule has 3 unspecified atom stereocenters. The quantitative estimate of drug-likeness (QED) is 0.402. The average Bonchev–Trinajstić information content (AvgIpc) is 3.43. The van der Waals surface area contributed by atoms with E-state index in [1.807, 2.05) is 36.4 Å². The van der Waals surface area contributed by atoms with Gasteiger partial charge in [-0.05, 0) is 17.7 Å². The minimum absolute atomic E-state index is 0.106. The van der Waals surface area contributed by atoms with Gasteiger partial charge in [0, 0.05) is 5.56 Å². The summed E-state index contributed by atoms with van der Waals surface area (Å²) >= 11 is 0. The predicted molar refractivity (Wildman–Crippen MR) is 103 cm³/mol. The molecule has 2 aliphatic rings. The Morgan fingerprint density at radius 3 is 1.75 bits per heavy atom. The molecule has 0 N–H and O–H groups in total. The molecule has 0 saturated carbocycles. The Kier molecular flexibility index (Phi) is 3.70. The van der Waals surface area contributed by atoms with Gasteiger partial charge < -0.3 is 0 Å². The second-order valence-electron chi connectivity index (χ2n) is 6.88. The molecular weight excluding hydrogens is 352 g/mol. The highest BCUT2D eigenvalue weighted by molar-refractivity contribution is 6.21. The lowest BCUT2D eigenvalue weighted by molar-refractivity contribution is 0.0342. The maximum atomic E-state index is 13.2. The van der Waals surface area contributed by atoms with E-state index in [9.17, 15) is 14.4 Å². The number of ketones is 1. The second kappa shape index (κ2) is 6.25. The van der Waals surface area contributed by atoms with Crippen LogP contribution in [0.25, 0.3) is 0 Å². The van der Waals surface area contributed by atoms with Crippen LogP contribution >= 0.6 is 0 Å². The molecule has 0 aromatic heterocycles. The summed E-state index contributed by atoms with van der Waals surface area (Å²) in [5, 5.41) is 2.74. The molecular formula is C23H16N2O3. The number of Topliss-reactive ketones (excluding diaryl/α,β-unsaturated/α-hetero) is 1. The van der Waals surface area contributed by atoms with E-state index in [0.717, 1.165) is 10.6 Å². The number of hydrogen-bond acceptors (Lipinski definition) is 4. The molecule has 5 heteroatoms.